The minimum atomic E-state index is -0.0338. The summed E-state index contributed by atoms with van der Waals surface area (Å²) in [7, 11) is -0.101. The van der Waals surface area contributed by atoms with Crippen LogP contribution in [0.25, 0.3) is 14.5 Å². The Hall–Kier alpha value is -1.89. The fourth-order valence-electron chi connectivity index (χ4n) is 8.12. The van der Waals surface area contributed by atoms with Gasteiger partial charge in [0.25, 0.3) is 0 Å². The zero-order valence-corrected chi connectivity index (χ0v) is 37.1. The maximum Gasteiger partial charge on any atom is 0.190 e. The fraction of sp³-hybridized carbons (Fsp3) is 0.500. The minimum Gasteiger partial charge on any atom is -0.238 e. The summed E-state index contributed by atoms with van der Waals surface area (Å²) in [6.45, 7) is 44.6. The van der Waals surface area contributed by atoms with E-state index >= 15 is 0 Å². The molecule has 3 nitrogen and oxygen atoms in total. The van der Waals surface area contributed by atoms with Gasteiger partial charge in [-0.1, -0.05) is 71.3 Å². The second kappa shape index (κ2) is 19.1. The Bertz CT molecular complexity index is 1490. The second-order valence-electron chi connectivity index (χ2n) is 15.4. The van der Waals surface area contributed by atoms with Gasteiger partial charge in [-0.2, -0.15) is 0 Å². The van der Waals surface area contributed by atoms with Gasteiger partial charge in [-0.3, -0.25) is 0 Å². The van der Waals surface area contributed by atoms with Crippen molar-refractivity contribution in [2.45, 2.75) is 94.0 Å². The molecular formula is C42H57N3P3W+3. The Morgan fingerprint density at radius 3 is 0.898 bits per heavy atom. The van der Waals surface area contributed by atoms with E-state index in [0.29, 0.717) is 17.1 Å². The molecule has 0 bridgehead atoms. The molecule has 0 atom stereocenters. The van der Waals surface area contributed by atoms with Gasteiger partial charge in [-0.25, -0.2) is 14.5 Å². The monoisotopic (exact) mass is 880 g/mol. The summed E-state index contributed by atoms with van der Waals surface area (Å²) in [6.07, 6.45) is 7.51. The summed E-state index contributed by atoms with van der Waals surface area (Å²) in [4.78, 5) is 11.5. The minimum absolute atomic E-state index is 0. The molecule has 2 aliphatic rings. The van der Waals surface area contributed by atoms with Crippen LogP contribution in [0.2, 0.25) is 0 Å². The third-order valence-electron chi connectivity index (χ3n) is 11.1. The van der Waals surface area contributed by atoms with Crippen molar-refractivity contribution in [3.05, 3.63) is 122 Å². The average molecular weight is 881 g/mol. The van der Waals surface area contributed by atoms with Gasteiger partial charge in [0.05, 0.1) is 36.7 Å². The van der Waals surface area contributed by atoms with Gasteiger partial charge in [0.15, 0.2) is 17.1 Å². The van der Waals surface area contributed by atoms with Crippen molar-refractivity contribution < 1.29 is 21.1 Å². The van der Waals surface area contributed by atoms with E-state index < -0.39 is 0 Å². The zero-order valence-electron chi connectivity index (χ0n) is 31.2. The van der Waals surface area contributed by atoms with Crippen LogP contribution in [-0.2, 0) is 21.1 Å². The largest absolute Gasteiger partial charge is 0.238 e. The van der Waals surface area contributed by atoms with Crippen LogP contribution in [0.3, 0.4) is 0 Å². The van der Waals surface area contributed by atoms with Crippen molar-refractivity contribution in [1.82, 2.24) is 0 Å². The van der Waals surface area contributed by atoms with E-state index in [4.69, 9.17) is 19.7 Å². The molecule has 0 N–H and O–H groups in total. The number of benzene rings is 3. The predicted molar refractivity (Wildman–Crippen MR) is 220 cm³/mol. The summed E-state index contributed by atoms with van der Waals surface area (Å²) < 4.78 is 0. The quantitative estimate of drug-likeness (QED) is 0.173. The van der Waals surface area contributed by atoms with E-state index in [9.17, 15) is 0 Å². The molecule has 0 saturated heterocycles. The van der Waals surface area contributed by atoms with Gasteiger partial charge >= 0.3 is 0 Å². The van der Waals surface area contributed by atoms with Crippen LogP contribution in [0.1, 0.15) is 89.7 Å². The molecule has 0 aliphatic heterocycles. The molecule has 5 rings (SSSR count). The first-order valence-corrected chi connectivity index (χ1v) is 25.4. The summed E-state index contributed by atoms with van der Waals surface area (Å²) in [5.41, 5.74) is 12.4. The summed E-state index contributed by atoms with van der Waals surface area (Å²) in [5, 5.41) is 0. The van der Waals surface area contributed by atoms with Crippen molar-refractivity contribution in [1.29, 1.82) is 0 Å². The molecule has 0 radical (unpaired) electrons. The van der Waals surface area contributed by atoms with Crippen LogP contribution in [0.5, 0.6) is 0 Å². The first-order chi connectivity index (χ1) is 22.8. The van der Waals surface area contributed by atoms with Crippen molar-refractivity contribution in [2.75, 3.05) is 40.0 Å². The smallest absolute Gasteiger partial charge is 0.190 e. The summed E-state index contributed by atoms with van der Waals surface area (Å²) >= 11 is 0. The molecule has 0 unspecified atom stereocenters. The Labute approximate surface area is 316 Å². The van der Waals surface area contributed by atoms with Crippen molar-refractivity contribution >= 4 is 40.8 Å². The number of hydrogen-bond acceptors (Lipinski definition) is 0. The van der Waals surface area contributed by atoms with E-state index in [0.717, 1.165) is 69.6 Å². The standard InChI is InChI=1S/C30H27N3.C12H27P3.W/c1-19-7-10-28(31-4)25(13-19)22-16-23(26-14-20(2)8-11-29(26)32-5)18-24(17-22)27-15-21(3)9-12-30(27)33-6;1-13(2)10-7-11(14(3)4)9-12(8-10)15(5)6;/h7-15,22-24H,16-18H2,1-3H3;10-12H,7-9H2,1-6H3;/p+3. The van der Waals surface area contributed by atoms with Gasteiger partial charge in [0.2, 0.25) is 0 Å². The topological polar surface area (TPSA) is 13.1 Å². The molecule has 0 heterocycles. The molecule has 2 fully saturated rings. The molecule has 49 heavy (non-hydrogen) atoms. The van der Waals surface area contributed by atoms with Crippen molar-refractivity contribution in [3.8, 4) is 0 Å². The van der Waals surface area contributed by atoms with Crippen LogP contribution in [0.4, 0.5) is 17.1 Å². The normalized spacial score (nSPS) is 23.4. The van der Waals surface area contributed by atoms with E-state index in [-0.39, 0.29) is 62.6 Å². The van der Waals surface area contributed by atoms with Gasteiger partial charge in [0.1, 0.15) is 0 Å². The zero-order chi connectivity index (χ0) is 35.1. The molecule has 0 aromatic heterocycles. The summed E-state index contributed by atoms with van der Waals surface area (Å²) in [5.74, 6) is 0.614. The first kappa shape index (κ1) is 41.5. The maximum absolute atomic E-state index is 7.73. The van der Waals surface area contributed by atoms with Gasteiger partial charge in [-0.05, 0) is 98.2 Å². The van der Waals surface area contributed by atoms with Gasteiger partial charge < -0.3 is 0 Å². The number of hydrogen-bond donors (Lipinski definition) is 0. The molecule has 3 aromatic rings. The predicted octanol–water partition coefficient (Wildman–Crippen LogP) is 12.8. The Morgan fingerprint density at radius 2 is 0.694 bits per heavy atom. The van der Waals surface area contributed by atoms with E-state index in [1.165, 1.54) is 0 Å². The molecule has 258 valence electrons. The Balaban J connectivity index is 0.000000343. The van der Waals surface area contributed by atoms with Crippen LogP contribution in [0.15, 0.2) is 54.6 Å². The molecule has 2 saturated carbocycles. The number of aryl methyl sites for hydroxylation is 3. The molecular weight excluding hydrogens is 823 g/mol. The molecule has 3 aromatic carbocycles. The molecule has 2 aliphatic carbocycles. The molecule has 0 spiro atoms. The summed E-state index contributed by atoms with van der Waals surface area (Å²) in [6, 6.07) is 18.3. The third kappa shape index (κ3) is 10.8. The molecule has 7 heteroatoms. The SMILES string of the molecule is C[PH+](C)C1CC([PH+](C)C)CC([PH+](C)C)C1.[C-]#[N+]c1ccc(C)cc1C1CC(c2cc(C)ccc2[N+]#[C-])CC(c2cc(C)ccc2[N+]#[C-])C1.[W]. The van der Waals surface area contributed by atoms with Crippen LogP contribution in [0, 0.1) is 40.5 Å². The number of nitrogens with zero attached hydrogens (tertiary/aromatic N) is 3. The average Bonchev–Trinajstić information content (AvgIpc) is 3.08. The Kier molecular flexibility index (Phi) is 16.2. The first-order valence-electron chi connectivity index (χ1n) is 17.7. The molecule has 0 amide bonds. The van der Waals surface area contributed by atoms with Crippen LogP contribution in [-0.4, -0.2) is 57.0 Å². The van der Waals surface area contributed by atoms with E-state index in [2.05, 4.69) is 93.5 Å². The van der Waals surface area contributed by atoms with Gasteiger partial charge in [0, 0.05) is 80.3 Å². The van der Waals surface area contributed by atoms with Gasteiger partial charge in [-0.15, -0.1) is 0 Å². The Morgan fingerprint density at radius 1 is 0.449 bits per heavy atom. The fourth-order valence-corrected chi connectivity index (χ4v) is 13.4. The van der Waals surface area contributed by atoms with Crippen molar-refractivity contribution in [3.63, 3.8) is 0 Å². The van der Waals surface area contributed by atoms with Crippen LogP contribution >= 0.6 is 23.8 Å². The van der Waals surface area contributed by atoms with Crippen molar-refractivity contribution in [2.24, 2.45) is 0 Å². The number of rotatable bonds is 6. The third-order valence-corrected chi connectivity index (χ3v) is 17.4. The van der Waals surface area contributed by atoms with E-state index in [1.807, 2.05) is 36.4 Å². The second-order valence-corrected chi connectivity index (χ2v) is 24.3. The van der Waals surface area contributed by atoms with Crippen LogP contribution < -0.4 is 0 Å². The maximum atomic E-state index is 7.73. The van der Waals surface area contributed by atoms with E-state index in [1.54, 1.807) is 19.3 Å².